The van der Waals surface area contributed by atoms with Crippen LogP contribution < -0.4 is 11.1 Å². The Morgan fingerprint density at radius 1 is 1.15 bits per heavy atom. The molecule has 0 aliphatic carbocycles. The Labute approximate surface area is 154 Å². The molecule has 1 amide bonds. The van der Waals surface area contributed by atoms with E-state index in [-0.39, 0.29) is 13.0 Å². The van der Waals surface area contributed by atoms with Crippen molar-refractivity contribution in [1.82, 2.24) is 5.32 Å². The van der Waals surface area contributed by atoms with Crippen LogP contribution in [0, 0.1) is 0 Å². The van der Waals surface area contributed by atoms with Gasteiger partial charge in [-0.05, 0) is 52.1 Å². The van der Waals surface area contributed by atoms with Gasteiger partial charge >= 0.3 is 12.1 Å². The van der Waals surface area contributed by atoms with Crippen molar-refractivity contribution in [3.8, 4) is 0 Å². The average molecular weight is 366 g/mol. The first-order valence-electron chi connectivity index (χ1n) is 8.76. The van der Waals surface area contributed by atoms with Crippen LogP contribution in [0.2, 0.25) is 0 Å². The number of rotatable bonds is 9. The van der Waals surface area contributed by atoms with Gasteiger partial charge in [0.2, 0.25) is 0 Å². The Balaban J connectivity index is 2.81. The number of nitrogens with two attached hydrogens (primary N) is 1. The summed E-state index contributed by atoms with van der Waals surface area (Å²) in [6.07, 6.45) is 0.623. The lowest BCUT2D eigenvalue weighted by molar-refractivity contribution is -0.165. The predicted molar refractivity (Wildman–Crippen MR) is 98.3 cm³/mol. The average Bonchev–Trinajstić information content (AvgIpc) is 2.58. The standard InChI is InChI=1S/C19H30N2O5/c1-18(2,3)26-16(23)19(14-22,11-7-8-12-20)21-17(24)25-13-15-9-5-4-6-10-15/h4-6,9-10,22H,7-8,11-14,20H2,1-3H3,(H,21,24)/t19-/m0/s1. The molecule has 4 N–H and O–H groups in total. The minimum Gasteiger partial charge on any atom is -0.458 e. The summed E-state index contributed by atoms with van der Waals surface area (Å²) in [4.78, 5) is 24.8. The lowest BCUT2D eigenvalue weighted by Crippen LogP contribution is -2.59. The topological polar surface area (TPSA) is 111 Å². The van der Waals surface area contributed by atoms with Crippen LogP contribution in [0.25, 0.3) is 0 Å². The van der Waals surface area contributed by atoms with Gasteiger partial charge in [-0.15, -0.1) is 0 Å². The first-order chi connectivity index (χ1) is 12.2. The zero-order valence-corrected chi connectivity index (χ0v) is 15.8. The zero-order valence-electron chi connectivity index (χ0n) is 15.8. The number of hydrogen-bond acceptors (Lipinski definition) is 6. The number of benzene rings is 1. The second-order valence-electron chi connectivity index (χ2n) is 7.17. The minimum absolute atomic E-state index is 0.0608. The molecule has 1 rings (SSSR count). The summed E-state index contributed by atoms with van der Waals surface area (Å²) < 4.78 is 10.6. The van der Waals surface area contributed by atoms with E-state index in [2.05, 4.69) is 5.32 Å². The number of aliphatic hydroxyl groups excluding tert-OH is 1. The molecule has 0 aromatic heterocycles. The number of alkyl carbamates (subject to hydrolysis) is 1. The lowest BCUT2D eigenvalue weighted by Gasteiger charge is -2.33. The number of esters is 1. The normalized spacial score (nSPS) is 13.6. The molecule has 7 nitrogen and oxygen atoms in total. The molecule has 0 radical (unpaired) electrons. The maximum Gasteiger partial charge on any atom is 0.408 e. The zero-order chi connectivity index (χ0) is 19.6. The van der Waals surface area contributed by atoms with Gasteiger partial charge in [-0.1, -0.05) is 30.3 Å². The van der Waals surface area contributed by atoms with E-state index in [1.54, 1.807) is 20.8 Å². The fraction of sp³-hybridized carbons (Fsp3) is 0.579. The molecule has 1 aromatic carbocycles. The third kappa shape index (κ3) is 7.41. The summed E-state index contributed by atoms with van der Waals surface area (Å²) in [6, 6.07) is 9.17. The van der Waals surface area contributed by atoms with Gasteiger partial charge < -0.3 is 25.6 Å². The molecule has 0 spiro atoms. The van der Waals surface area contributed by atoms with Crippen LogP contribution in [-0.2, 0) is 20.9 Å². The van der Waals surface area contributed by atoms with E-state index in [4.69, 9.17) is 15.2 Å². The van der Waals surface area contributed by atoms with Gasteiger partial charge in [0.15, 0.2) is 5.54 Å². The van der Waals surface area contributed by atoms with E-state index in [0.29, 0.717) is 19.4 Å². The number of unbranched alkanes of at least 4 members (excludes halogenated alkanes) is 1. The van der Waals surface area contributed by atoms with Gasteiger partial charge in [-0.2, -0.15) is 0 Å². The number of carbonyl (C=O) groups is 2. The van der Waals surface area contributed by atoms with Crippen LogP contribution in [0.4, 0.5) is 4.79 Å². The molecule has 0 aliphatic rings. The van der Waals surface area contributed by atoms with Gasteiger partial charge in [0.1, 0.15) is 12.2 Å². The van der Waals surface area contributed by atoms with Crippen molar-refractivity contribution in [1.29, 1.82) is 0 Å². The first kappa shape index (κ1) is 21.9. The van der Waals surface area contributed by atoms with Crippen LogP contribution >= 0.6 is 0 Å². The number of amides is 1. The van der Waals surface area contributed by atoms with Gasteiger partial charge in [0.05, 0.1) is 6.61 Å². The summed E-state index contributed by atoms with van der Waals surface area (Å²) in [5, 5.41) is 12.4. The van der Waals surface area contributed by atoms with E-state index in [9.17, 15) is 14.7 Å². The highest BCUT2D eigenvalue weighted by Gasteiger charge is 2.42. The van der Waals surface area contributed by atoms with Crippen molar-refractivity contribution in [2.45, 2.75) is 57.8 Å². The van der Waals surface area contributed by atoms with Crippen molar-refractivity contribution < 1.29 is 24.2 Å². The summed E-state index contributed by atoms with van der Waals surface area (Å²) >= 11 is 0. The highest BCUT2D eigenvalue weighted by atomic mass is 16.6. The second-order valence-corrected chi connectivity index (χ2v) is 7.17. The SMILES string of the molecule is CC(C)(C)OC(=O)[C@@](CO)(CCCCN)NC(=O)OCc1ccccc1. The van der Waals surface area contributed by atoms with Gasteiger partial charge in [0, 0.05) is 0 Å². The maximum absolute atomic E-state index is 12.6. The van der Waals surface area contributed by atoms with Crippen LogP contribution in [0.3, 0.4) is 0 Å². The van der Waals surface area contributed by atoms with Gasteiger partial charge in [-0.25, -0.2) is 9.59 Å². The Bertz CT molecular complexity index is 571. The first-order valence-corrected chi connectivity index (χ1v) is 8.76. The summed E-state index contributed by atoms with van der Waals surface area (Å²) in [6.45, 7) is 5.09. The van der Waals surface area contributed by atoms with Crippen molar-refractivity contribution >= 4 is 12.1 Å². The summed E-state index contributed by atoms with van der Waals surface area (Å²) in [5.74, 6) is -0.693. The van der Waals surface area contributed by atoms with E-state index in [0.717, 1.165) is 5.56 Å². The molecule has 0 fully saturated rings. The van der Waals surface area contributed by atoms with Crippen molar-refractivity contribution in [3.05, 3.63) is 35.9 Å². The molecular weight excluding hydrogens is 336 g/mol. The van der Waals surface area contributed by atoms with E-state index < -0.39 is 29.8 Å². The molecule has 7 heteroatoms. The highest BCUT2D eigenvalue weighted by Crippen LogP contribution is 2.21. The molecule has 146 valence electrons. The third-order valence-corrected chi connectivity index (χ3v) is 3.67. The second kappa shape index (κ2) is 10.1. The molecule has 0 aliphatic heterocycles. The molecule has 0 saturated carbocycles. The third-order valence-electron chi connectivity index (χ3n) is 3.67. The molecule has 0 heterocycles. The predicted octanol–water partition coefficient (Wildman–Crippen LogP) is 2.11. The fourth-order valence-electron chi connectivity index (χ4n) is 2.30. The van der Waals surface area contributed by atoms with Crippen LogP contribution in [-0.4, -0.2) is 41.5 Å². The van der Waals surface area contributed by atoms with Crippen LogP contribution in [0.1, 0.15) is 45.6 Å². The fourth-order valence-corrected chi connectivity index (χ4v) is 2.30. The molecule has 26 heavy (non-hydrogen) atoms. The largest absolute Gasteiger partial charge is 0.458 e. The maximum atomic E-state index is 12.6. The number of nitrogens with one attached hydrogen (secondary N) is 1. The van der Waals surface area contributed by atoms with Crippen molar-refractivity contribution in [3.63, 3.8) is 0 Å². The van der Waals surface area contributed by atoms with E-state index in [1.807, 2.05) is 30.3 Å². The van der Waals surface area contributed by atoms with Gasteiger partial charge in [0.25, 0.3) is 0 Å². The van der Waals surface area contributed by atoms with Crippen LogP contribution in [0.15, 0.2) is 30.3 Å². The quantitative estimate of drug-likeness (QED) is 0.456. The molecule has 0 bridgehead atoms. The summed E-state index contributed by atoms with van der Waals surface area (Å²) in [7, 11) is 0. The molecular formula is C19H30N2O5. The smallest absolute Gasteiger partial charge is 0.408 e. The monoisotopic (exact) mass is 366 g/mol. The highest BCUT2D eigenvalue weighted by molar-refractivity contribution is 5.86. The molecule has 1 aromatic rings. The Morgan fingerprint density at radius 3 is 2.35 bits per heavy atom. The number of hydrogen-bond donors (Lipinski definition) is 3. The van der Waals surface area contributed by atoms with Crippen molar-refractivity contribution in [2.24, 2.45) is 5.73 Å². The Morgan fingerprint density at radius 2 is 1.81 bits per heavy atom. The summed E-state index contributed by atoms with van der Waals surface area (Å²) in [5.41, 5.74) is 4.01. The lowest BCUT2D eigenvalue weighted by atomic mass is 9.93. The van der Waals surface area contributed by atoms with Crippen molar-refractivity contribution in [2.75, 3.05) is 13.2 Å². The Kier molecular flexibility index (Phi) is 8.54. The number of aliphatic hydroxyl groups is 1. The van der Waals surface area contributed by atoms with E-state index >= 15 is 0 Å². The van der Waals surface area contributed by atoms with Gasteiger partial charge in [-0.3, -0.25) is 0 Å². The molecule has 1 atom stereocenters. The molecule has 0 saturated heterocycles. The van der Waals surface area contributed by atoms with Crippen LogP contribution in [0.5, 0.6) is 0 Å². The van der Waals surface area contributed by atoms with E-state index in [1.165, 1.54) is 0 Å². The molecule has 0 unspecified atom stereocenters. The number of carbonyl (C=O) groups excluding carboxylic acids is 2. The Hall–Kier alpha value is -2.12. The number of ether oxygens (including phenoxy) is 2. The minimum atomic E-state index is -1.56.